The van der Waals surface area contributed by atoms with E-state index in [0.717, 1.165) is 24.0 Å². The summed E-state index contributed by atoms with van der Waals surface area (Å²) in [5.74, 6) is -0.524. The average Bonchev–Trinajstić information content (AvgIpc) is 2.72. The van der Waals surface area contributed by atoms with E-state index in [0.29, 0.717) is 25.0 Å². The number of aryl methyl sites for hydroxylation is 1. The van der Waals surface area contributed by atoms with Crippen molar-refractivity contribution < 1.29 is 19.5 Å². The van der Waals surface area contributed by atoms with E-state index >= 15 is 0 Å². The van der Waals surface area contributed by atoms with E-state index in [4.69, 9.17) is 0 Å². The van der Waals surface area contributed by atoms with Crippen LogP contribution in [-0.2, 0) is 20.8 Å². The Morgan fingerprint density at radius 2 is 1.77 bits per heavy atom. The quantitative estimate of drug-likeness (QED) is 0.420. The summed E-state index contributed by atoms with van der Waals surface area (Å²) in [5, 5.41) is 17.2. The summed E-state index contributed by atoms with van der Waals surface area (Å²) in [6.07, 6.45) is 9.76. The van der Waals surface area contributed by atoms with Crippen LogP contribution in [0, 0.1) is 0 Å². The minimum Gasteiger partial charge on any atom is -0.508 e. The highest BCUT2D eigenvalue weighted by Crippen LogP contribution is 2.15. The normalized spacial score (nSPS) is 12.7. The molecule has 2 amide bonds. The fourth-order valence-corrected chi connectivity index (χ4v) is 2.92. The number of phenols is 1. The fourth-order valence-electron chi connectivity index (χ4n) is 2.92. The summed E-state index contributed by atoms with van der Waals surface area (Å²) >= 11 is 0. The molecule has 30 heavy (non-hydrogen) atoms. The largest absolute Gasteiger partial charge is 0.508 e. The average molecular weight is 412 g/mol. The molecule has 0 bridgehead atoms. The van der Waals surface area contributed by atoms with Gasteiger partial charge in [0, 0.05) is 18.5 Å². The van der Waals surface area contributed by atoms with E-state index in [9.17, 15) is 19.5 Å². The number of aromatic hydroxyl groups is 1. The van der Waals surface area contributed by atoms with Crippen molar-refractivity contribution in [3.63, 3.8) is 0 Å². The van der Waals surface area contributed by atoms with Gasteiger partial charge >= 0.3 is 0 Å². The van der Waals surface area contributed by atoms with E-state index in [1.165, 1.54) is 0 Å². The first-order valence-corrected chi connectivity index (χ1v) is 10.0. The number of hydrogen-bond donors (Lipinski definition) is 4. The molecule has 0 saturated carbocycles. The lowest BCUT2D eigenvalue weighted by molar-refractivity contribution is -0.125. The van der Waals surface area contributed by atoms with Crippen LogP contribution in [0.15, 0.2) is 60.3 Å². The third-order valence-electron chi connectivity index (χ3n) is 4.49. The molecular formula is C23H29N3O4. The molecule has 0 aliphatic heterocycles. The van der Waals surface area contributed by atoms with E-state index < -0.39 is 0 Å². The maximum Gasteiger partial charge on any atom is 0.243 e. The summed E-state index contributed by atoms with van der Waals surface area (Å²) < 4.78 is 0. The standard InChI is InChI=1S/C23H29N3O4/c1-17(13-19-5-3-2-4-6-19)26-23(30)16-25-22(29)15-24-14-21(28)12-9-18-7-10-20(27)11-8-18/h3,5-8,10-11,24,27H,1-2,4,9,12-16H2,(H,25,29)(H,26,30). The molecule has 0 aromatic heterocycles. The van der Waals surface area contributed by atoms with Crippen LogP contribution in [0.25, 0.3) is 0 Å². The van der Waals surface area contributed by atoms with E-state index in [1.807, 2.05) is 6.08 Å². The summed E-state index contributed by atoms with van der Waals surface area (Å²) in [6, 6.07) is 6.70. The van der Waals surface area contributed by atoms with Gasteiger partial charge in [0.05, 0.1) is 19.6 Å². The summed E-state index contributed by atoms with van der Waals surface area (Å²) in [5.41, 5.74) is 2.67. The highest BCUT2D eigenvalue weighted by Gasteiger charge is 2.09. The third kappa shape index (κ3) is 9.34. The molecule has 0 heterocycles. The number of benzene rings is 1. The van der Waals surface area contributed by atoms with Gasteiger partial charge in [0.15, 0.2) is 0 Å². The Labute approximate surface area is 176 Å². The minimum atomic E-state index is -0.361. The number of phenolic OH excluding ortho intramolecular Hbond substituents is 1. The molecule has 160 valence electrons. The number of amides is 2. The lowest BCUT2D eigenvalue weighted by Crippen LogP contribution is -2.41. The van der Waals surface area contributed by atoms with Gasteiger partial charge in [-0.1, -0.05) is 36.9 Å². The Kier molecular flexibility index (Phi) is 9.54. The molecule has 0 atom stereocenters. The smallest absolute Gasteiger partial charge is 0.243 e. The second kappa shape index (κ2) is 12.4. The van der Waals surface area contributed by atoms with Gasteiger partial charge in [-0.25, -0.2) is 0 Å². The van der Waals surface area contributed by atoms with Crippen LogP contribution in [0.1, 0.15) is 31.2 Å². The summed E-state index contributed by atoms with van der Waals surface area (Å²) in [7, 11) is 0. The van der Waals surface area contributed by atoms with Crippen molar-refractivity contribution in [2.24, 2.45) is 0 Å². The number of carbonyl (C=O) groups excluding carboxylic acids is 3. The van der Waals surface area contributed by atoms with Crippen molar-refractivity contribution in [1.82, 2.24) is 16.0 Å². The Hall–Kier alpha value is -3.19. The summed E-state index contributed by atoms with van der Waals surface area (Å²) in [6.45, 7) is 3.73. The summed E-state index contributed by atoms with van der Waals surface area (Å²) in [4.78, 5) is 35.6. The van der Waals surface area contributed by atoms with Gasteiger partial charge in [-0.05, 0) is 42.5 Å². The van der Waals surface area contributed by atoms with Gasteiger partial charge in [0.2, 0.25) is 11.8 Å². The van der Waals surface area contributed by atoms with Crippen molar-refractivity contribution in [2.75, 3.05) is 19.6 Å². The Morgan fingerprint density at radius 3 is 2.47 bits per heavy atom. The zero-order chi connectivity index (χ0) is 21.8. The Morgan fingerprint density at radius 1 is 1.00 bits per heavy atom. The molecule has 4 N–H and O–H groups in total. The van der Waals surface area contributed by atoms with Gasteiger partial charge in [0.25, 0.3) is 0 Å². The predicted molar refractivity (Wildman–Crippen MR) is 116 cm³/mol. The van der Waals surface area contributed by atoms with Gasteiger partial charge in [-0.3, -0.25) is 14.4 Å². The van der Waals surface area contributed by atoms with E-state index in [2.05, 4.69) is 34.7 Å². The number of Topliss-reactive ketones (excluding diaryl/α,β-unsaturated/α-hetero) is 1. The molecule has 2 rings (SSSR count). The Balaban J connectivity index is 1.54. The first kappa shape index (κ1) is 23.1. The van der Waals surface area contributed by atoms with Gasteiger partial charge in [0.1, 0.15) is 11.5 Å². The zero-order valence-electron chi connectivity index (χ0n) is 17.1. The molecule has 1 aromatic carbocycles. The number of rotatable bonds is 12. The van der Waals surface area contributed by atoms with E-state index in [1.54, 1.807) is 24.3 Å². The maximum absolute atomic E-state index is 11.9. The fraction of sp³-hybridized carbons (Fsp3) is 0.348. The van der Waals surface area contributed by atoms with Crippen LogP contribution in [-0.4, -0.2) is 42.3 Å². The van der Waals surface area contributed by atoms with Crippen LogP contribution in [0.3, 0.4) is 0 Å². The first-order chi connectivity index (χ1) is 14.4. The topological polar surface area (TPSA) is 108 Å². The first-order valence-electron chi connectivity index (χ1n) is 10.0. The predicted octanol–water partition coefficient (Wildman–Crippen LogP) is 1.90. The molecule has 0 fully saturated rings. The second-order valence-corrected chi connectivity index (χ2v) is 7.17. The number of allylic oxidation sites excluding steroid dienone is 4. The van der Waals surface area contributed by atoms with Crippen LogP contribution in [0.5, 0.6) is 5.75 Å². The number of ketones is 1. The molecule has 1 aliphatic carbocycles. The van der Waals surface area contributed by atoms with E-state index in [-0.39, 0.29) is 43.0 Å². The number of nitrogens with one attached hydrogen (secondary N) is 3. The molecule has 0 radical (unpaired) electrons. The number of carbonyl (C=O) groups is 3. The molecule has 1 aliphatic rings. The van der Waals surface area contributed by atoms with Crippen LogP contribution >= 0.6 is 0 Å². The van der Waals surface area contributed by atoms with Crippen molar-refractivity contribution in [2.45, 2.75) is 32.1 Å². The number of hydrogen-bond acceptors (Lipinski definition) is 5. The van der Waals surface area contributed by atoms with Gasteiger partial charge < -0.3 is 21.1 Å². The molecule has 7 nitrogen and oxygen atoms in total. The molecule has 7 heteroatoms. The van der Waals surface area contributed by atoms with Crippen molar-refractivity contribution >= 4 is 17.6 Å². The monoisotopic (exact) mass is 411 g/mol. The molecule has 0 spiro atoms. The van der Waals surface area contributed by atoms with Crippen LogP contribution in [0.4, 0.5) is 0 Å². The second-order valence-electron chi connectivity index (χ2n) is 7.17. The lowest BCUT2D eigenvalue weighted by Gasteiger charge is -2.12. The molecular weight excluding hydrogens is 382 g/mol. The SMILES string of the molecule is C=C(CC1=CCCC=C1)NC(=O)CNC(=O)CNCC(=O)CCc1ccc(O)cc1. The van der Waals surface area contributed by atoms with Crippen molar-refractivity contribution in [3.05, 3.63) is 65.9 Å². The minimum absolute atomic E-state index is 0.0176. The highest BCUT2D eigenvalue weighted by molar-refractivity contribution is 5.87. The highest BCUT2D eigenvalue weighted by atomic mass is 16.3. The maximum atomic E-state index is 11.9. The van der Waals surface area contributed by atoms with Gasteiger partial charge in [-0.15, -0.1) is 0 Å². The van der Waals surface area contributed by atoms with Crippen LogP contribution < -0.4 is 16.0 Å². The van der Waals surface area contributed by atoms with Crippen LogP contribution in [0.2, 0.25) is 0 Å². The Bertz CT molecular complexity index is 825. The van der Waals surface area contributed by atoms with Crippen molar-refractivity contribution in [1.29, 1.82) is 0 Å². The molecule has 0 saturated heterocycles. The van der Waals surface area contributed by atoms with Crippen molar-refractivity contribution in [3.8, 4) is 5.75 Å². The molecule has 0 unspecified atom stereocenters. The molecule has 1 aromatic rings. The lowest BCUT2D eigenvalue weighted by atomic mass is 10.0. The zero-order valence-corrected chi connectivity index (χ0v) is 17.1. The van der Waals surface area contributed by atoms with Gasteiger partial charge in [-0.2, -0.15) is 0 Å². The third-order valence-corrected chi connectivity index (χ3v) is 4.49.